The molecule has 0 aliphatic heterocycles. The van der Waals surface area contributed by atoms with Gasteiger partial charge in [0, 0.05) is 0 Å². The van der Waals surface area contributed by atoms with Gasteiger partial charge in [0.2, 0.25) is 0 Å². The quantitative estimate of drug-likeness (QED) is 0.128. The number of hydrogen-bond donors (Lipinski definition) is 8. The van der Waals surface area contributed by atoms with Crippen LogP contribution < -0.4 is 0 Å². The molecular weight excluding hydrogens is 336 g/mol. The van der Waals surface area contributed by atoms with E-state index in [1.165, 1.54) is 0 Å². The molecule has 0 heterocycles. The SMILES string of the molecule is O=C[C@H](O)[C@@H](O)[C@H](O)[C@H](O)C(=O)O[C@H](C=O)[C@@H](O)[C@H](O)[C@H](O)CO. The number of esters is 1. The molecule has 0 aromatic rings. The molecule has 0 saturated carbocycles. The van der Waals surface area contributed by atoms with Gasteiger partial charge in [0.25, 0.3) is 0 Å². The summed E-state index contributed by atoms with van der Waals surface area (Å²) in [5, 5.41) is 73.9. The van der Waals surface area contributed by atoms with E-state index in [2.05, 4.69) is 4.74 Å². The lowest BCUT2D eigenvalue weighted by molar-refractivity contribution is -0.185. The molecule has 0 aromatic heterocycles. The zero-order valence-corrected chi connectivity index (χ0v) is 12.2. The van der Waals surface area contributed by atoms with Gasteiger partial charge in [-0.1, -0.05) is 0 Å². The van der Waals surface area contributed by atoms with Gasteiger partial charge in [-0.3, -0.25) is 4.79 Å². The van der Waals surface area contributed by atoms with Crippen molar-refractivity contribution >= 4 is 18.5 Å². The van der Waals surface area contributed by atoms with Crippen molar-refractivity contribution in [3.05, 3.63) is 0 Å². The van der Waals surface area contributed by atoms with E-state index in [1.807, 2.05) is 0 Å². The van der Waals surface area contributed by atoms with Crippen molar-refractivity contribution in [1.29, 1.82) is 0 Å². The maximum absolute atomic E-state index is 11.6. The second kappa shape index (κ2) is 10.4. The van der Waals surface area contributed by atoms with E-state index in [4.69, 9.17) is 15.3 Å². The van der Waals surface area contributed by atoms with Crippen LogP contribution in [0.5, 0.6) is 0 Å². The minimum atomic E-state index is -2.51. The Bertz CT molecular complexity index is 415. The van der Waals surface area contributed by atoms with Crippen LogP contribution in [0.2, 0.25) is 0 Å². The highest BCUT2D eigenvalue weighted by molar-refractivity contribution is 5.77. The number of rotatable bonds is 11. The molecule has 0 bridgehead atoms. The van der Waals surface area contributed by atoms with Gasteiger partial charge in [-0.05, 0) is 0 Å². The van der Waals surface area contributed by atoms with Crippen LogP contribution in [-0.2, 0) is 19.1 Å². The van der Waals surface area contributed by atoms with E-state index >= 15 is 0 Å². The average molecular weight is 356 g/mol. The van der Waals surface area contributed by atoms with E-state index in [1.54, 1.807) is 0 Å². The summed E-state index contributed by atoms with van der Waals surface area (Å²) in [7, 11) is 0. The van der Waals surface area contributed by atoms with Crippen molar-refractivity contribution in [3.63, 3.8) is 0 Å². The van der Waals surface area contributed by atoms with Gasteiger partial charge < -0.3 is 50.4 Å². The Morgan fingerprint density at radius 2 is 1.38 bits per heavy atom. The van der Waals surface area contributed by atoms with E-state index in [0.717, 1.165) is 0 Å². The fourth-order valence-corrected chi connectivity index (χ4v) is 1.52. The highest BCUT2D eigenvalue weighted by Gasteiger charge is 2.39. The van der Waals surface area contributed by atoms with E-state index in [-0.39, 0.29) is 12.6 Å². The zero-order valence-electron chi connectivity index (χ0n) is 12.2. The summed E-state index contributed by atoms with van der Waals surface area (Å²) in [4.78, 5) is 32.6. The minimum absolute atomic E-state index is 0.161. The summed E-state index contributed by atoms with van der Waals surface area (Å²) in [6.07, 6.45) is -17.8. The summed E-state index contributed by atoms with van der Waals surface area (Å²) in [6, 6.07) is 0. The van der Waals surface area contributed by atoms with Gasteiger partial charge in [0.05, 0.1) is 6.61 Å². The Labute approximate surface area is 135 Å². The molecule has 0 saturated heterocycles. The monoisotopic (exact) mass is 356 g/mol. The van der Waals surface area contributed by atoms with Crippen molar-refractivity contribution in [2.45, 2.75) is 48.8 Å². The van der Waals surface area contributed by atoms with Crippen molar-refractivity contribution in [3.8, 4) is 0 Å². The standard InChI is InChI=1S/C12H20O12/c13-1-4(16)7(18)9(20)6(3-15)24-12(23)11(22)10(21)8(19)5(17)2-14/h2-11,13,16-22H,1H2/t4-,5+,6-,7-,8-,9-,10+,11+/m1/s1. The van der Waals surface area contributed by atoms with Gasteiger partial charge in [0.1, 0.15) is 36.6 Å². The normalized spacial score (nSPS) is 21.5. The first-order valence-corrected chi connectivity index (χ1v) is 6.60. The Morgan fingerprint density at radius 1 is 0.833 bits per heavy atom. The molecule has 0 aliphatic rings. The van der Waals surface area contributed by atoms with E-state index in [9.17, 15) is 39.9 Å². The van der Waals surface area contributed by atoms with Crippen LogP contribution in [0.1, 0.15) is 0 Å². The number of aliphatic hydroxyl groups is 8. The molecule has 0 aromatic carbocycles. The molecule has 12 nitrogen and oxygen atoms in total. The van der Waals surface area contributed by atoms with Crippen LogP contribution >= 0.6 is 0 Å². The first kappa shape index (κ1) is 22.5. The van der Waals surface area contributed by atoms with Crippen LogP contribution in [0.3, 0.4) is 0 Å². The number of ether oxygens (including phenoxy) is 1. The second-order valence-electron chi connectivity index (χ2n) is 4.82. The van der Waals surface area contributed by atoms with Crippen molar-refractivity contribution < 1.29 is 60.0 Å². The summed E-state index contributed by atoms with van der Waals surface area (Å²) in [6.45, 7) is -0.977. The Hall–Kier alpha value is -1.51. The minimum Gasteiger partial charge on any atom is -0.450 e. The van der Waals surface area contributed by atoms with Gasteiger partial charge >= 0.3 is 5.97 Å². The molecule has 0 unspecified atom stereocenters. The highest BCUT2D eigenvalue weighted by Crippen LogP contribution is 2.11. The molecular formula is C12H20O12. The van der Waals surface area contributed by atoms with Crippen LogP contribution in [0.15, 0.2) is 0 Å². The lowest BCUT2D eigenvalue weighted by Crippen LogP contribution is -2.52. The molecule has 8 atom stereocenters. The summed E-state index contributed by atoms with van der Waals surface area (Å²) < 4.78 is 4.32. The van der Waals surface area contributed by atoms with Crippen molar-refractivity contribution in [1.82, 2.24) is 0 Å². The number of aliphatic hydroxyl groups excluding tert-OH is 8. The average Bonchev–Trinajstić information content (AvgIpc) is 2.60. The molecule has 24 heavy (non-hydrogen) atoms. The smallest absolute Gasteiger partial charge is 0.338 e. The van der Waals surface area contributed by atoms with Gasteiger partial charge in [0.15, 0.2) is 24.8 Å². The maximum Gasteiger partial charge on any atom is 0.338 e. The molecule has 12 heteroatoms. The van der Waals surface area contributed by atoms with E-state index in [0.29, 0.717) is 0 Å². The Morgan fingerprint density at radius 3 is 1.79 bits per heavy atom. The number of hydrogen-bond acceptors (Lipinski definition) is 12. The lowest BCUT2D eigenvalue weighted by atomic mass is 10.0. The topological polar surface area (TPSA) is 222 Å². The van der Waals surface area contributed by atoms with E-state index < -0.39 is 61.4 Å². The third kappa shape index (κ3) is 5.85. The summed E-state index contributed by atoms with van der Waals surface area (Å²) in [5.74, 6) is -1.73. The fourth-order valence-electron chi connectivity index (χ4n) is 1.52. The van der Waals surface area contributed by atoms with Gasteiger partial charge in [-0.15, -0.1) is 0 Å². The van der Waals surface area contributed by atoms with Crippen LogP contribution in [0.4, 0.5) is 0 Å². The third-order valence-corrected chi connectivity index (χ3v) is 3.06. The molecule has 0 radical (unpaired) electrons. The molecule has 0 rings (SSSR count). The first-order chi connectivity index (χ1) is 11.1. The lowest BCUT2D eigenvalue weighted by Gasteiger charge is -2.27. The number of carbonyl (C=O) groups excluding carboxylic acids is 3. The largest absolute Gasteiger partial charge is 0.450 e. The second-order valence-corrected chi connectivity index (χ2v) is 4.82. The molecule has 8 N–H and O–H groups in total. The first-order valence-electron chi connectivity index (χ1n) is 6.60. The summed E-state index contributed by atoms with van der Waals surface area (Å²) in [5.41, 5.74) is 0. The Kier molecular flexibility index (Phi) is 9.72. The van der Waals surface area contributed by atoms with Crippen LogP contribution in [0.25, 0.3) is 0 Å². The molecule has 0 aliphatic carbocycles. The van der Waals surface area contributed by atoms with Crippen LogP contribution in [0, 0.1) is 0 Å². The molecule has 0 spiro atoms. The van der Waals surface area contributed by atoms with Gasteiger partial charge in [-0.25, -0.2) is 4.79 Å². The number of aldehydes is 2. The molecule has 0 amide bonds. The summed E-state index contributed by atoms with van der Waals surface area (Å²) >= 11 is 0. The predicted octanol–water partition coefficient (Wildman–Crippen LogP) is -6.19. The van der Waals surface area contributed by atoms with Crippen molar-refractivity contribution in [2.24, 2.45) is 0 Å². The highest BCUT2D eigenvalue weighted by atomic mass is 16.6. The zero-order chi connectivity index (χ0) is 19.0. The fraction of sp³-hybridized carbons (Fsp3) is 0.750. The van der Waals surface area contributed by atoms with Crippen LogP contribution in [-0.4, -0.2) is 115 Å². The van der Waals surface area contributed by atoms with Crippen molar-refractivity contribution in [2.75, 3.05) is 6.61 Å². The molecule has 0 fully saturated rings. The number of carbonyl (C=O) groups is 3. The predicted molar refractivity (Wildman–Crippen MR) is 71.1 cm³/mol. The maximum atomic E-state index is 11.6. The molecule has 140 valence electrons. The third-order valence-electron chi connectivity index (χ3n) is 3.06. The van der Waals surface area contributed by atoms with Gasteiger partial charge in [-0.2, -0.15) is 0 Å². The Balaban J connectivity index is 4.91.